The van der Waals surface area contributed by atoms with Crippen molar-refractivity contribution < 1.29 is 14.7 Å². The number of nitrogens with zero attached hydrogens (tertiary/aromatic N) is 1. The van der Waals surface area contributed by atoms with E-state index in [-0.39, 0.29) is 39.6 Å². The van der Waals surface area contributed by atoms with Gasteiger partial charge in [0.2, 0.25) is 0 Å². The molecule has 6 heteroatoms. The second kappa shape index (κ2) is 12.1. The number of carbonyl (C=O) groups excluding carboxylic acids is 2. The lowest BCUT2D eigenvalue weighted by atomic mass is 9.74. The third-order valence-electron chi connectivity index (χ3n) is 9.75. The van der Waals surface area contributed by atoms with E-state index in [4.69, 9.17) is 0 Å². The van der Waals surface area contributed by atoms with Crippen LogP contribution in [-0.2, 0) is 21.0 Å². The number of hydrogen-bond donors (Lipinski definition) is 2. The van der Waals surface area contributed by atoms with Crippen LogP contribution in [0.1, 0.15) is 125 Å². The number of para-hydroxylation sites is 2. The molecule has 0 saturated heterocycles. The normalized spacial score (nSPS) is 18.6. The molecule has 2 N–H and O–H groups in total. The fraction of sp³-hybridized carbons (Fsp3) is 0.381. The van der Waals surface area contributed by atoms with Crippen molar-refractivity contribution in [2.75, 3.05) is 10.2 Å². The second-order valence-corrected chi connectivity index (χ2v) is 17.4. The molecule has 1 aliphatic carbocycles. The van der Waals surface area contributed by atoms with Gasteiger partial charge in [0.05, 0.1) is 22.3 Å². The molecule has 250 valence electrons. The van der Waals surface area contributed by atoms with Crippen LogP contribution in [0.5, 0.6) is 5.75 Å². The summed E-state index contributed by atoms with van der Waals surface area (Å²) in [6.45, 7) is 19.1. The highest BCUT2D eigenvalue weighted by Crippen LogP contribution is 2.50. The Morgan fingerprint density at radius 1 is 0.792 bits per heavy atom. The molecule has 48 heavy (non-hydrogen) atoms. The van der Waals surface area contributed by atoms with E-state index >= 15 is 0 Å². The highest BCUT2D eigenvalue weighted by Gasteiger charge is 2.43. The predicted octanol–water partition coefficient (Wildman–Crippen LogP) is 10.6. The Kier molecular flexibility index (Phi) is 8.48. The maximum Gasteiger partial charge on any atom is 0.269 e. The molecule has 4 aromatic rings. The van der Waals surface area contributed by atoms with Crippen LogP contribution in [0.2, 0.25) is 0 Å². The fourth-order valence-corrected chi connectivity index (χ4v) is 7.76. The minimum absolute atomic E-state index is 0.000202. The van der Waals surface area contributed by atoms with Gasteiger partial charge in [0, 0.05) is 17.7 Å². The third kappa shape index (κ3) is 6.23. The summed E-state index contributed by atoms with van der Waals surface area (Å²) in [4.78, 5) is 31.8. The van der Waals surface area contributed by atoms with E-state index in [1.165, 1.54) is 16.9 Å². The molecular weight excluding hydrogens is 613 g/mol. The number of phenolic OH excluding ortho intramolecular Hbond substituents is 1. The summed E-state index contributed by atoms with van der Waals surface area (Å²) in [6.07, 6.45) is 0.984. The van der Waals surface area contributed by atoms with Crippen LogP contribution in [-0.4, -0.2) is 16.8 Å². The molecule has 1 aromatic heterocycles. The fourth-order valence-electron chi connectivity index (χ4n) is 7.10. The number of benzene rings is 3. The van der Waals surface area contributed by atoms with Crippen LogP contribution >= 0.6 is 11.3 Å². The molecule has 0 radical (unpaired) electrons. The van der Waals surface area contributed by atoms with Gasteiger partial charge in [-0.3, -0.25) is 14.5 Å². The Bertz CT molecular complexity index is 1860. The molecule has 1 aliphatic heterocycles. The molecule has 2 aliphatic rings. The van der Waals surface area contributed by atoms with Crippen molar-refractivity contribution in [3.63, 3.8) is 0 Å². The van der Waals surface area contributed by atoms with Gasteiger partial charge in [-0.2, -0.15) is 0 Å². The van der Waals surface area contributed by atoms with Gasteiger partial charge in [0.15, 0.2) is 5.78 Å². The lowest BCUT2D eigenvalue weighted by Crippen LogP contribution is -2.38. The average molecular weight is 661 g/mol. The zero-order chi connectivity index (χ0) is 34.8. The van der Waals surface area contributed by atoms with Crippen LogP contribution in [0.15, 0.2) is 89.4 Å². The lowest BCUT2D eigenvalue weighted by molar-refractivity contribution is -0.116. The molecule has 5 nitrogen and oxygen atoms in total. The number of amides is 1. The number of aromatic hydroxyl groups is 1. The molecule has 2 heterocycles. The highest BCUT2D eigenvalue weighted by molar-refractivity contribution is 7.12. The lowest BCUT2D eigenvalue weighted by Gasteiger charge is -2.37. The van der Waals surface area contributed by atoms with Gasteiger partial charge in [-0.1, -0.05) is 105 Å². The van der Waals surface area contributed by atoms with E-state index < -0.39 is 6.04 Å². The van der Waals surface area contributed by atoms with Crippen LogP contribution in [0.4, 0.5) is 11.4 Å². The Morgan fingerprint density at radius 2 is 1.42 bits per heavy atom. The van der Waals surface area contributed by atoms with Crippen LogP contribution < -0.4 is 10.2 Å². The molecule has 6 rings (SSSR count). The first-order valence-corrected chi connectivity index (χ1v) is 17.8. The number of thiophene rings is 1. The minimum atomic E-state index is -0.703. The number of rotatable bonds is 3. The van der Waals surface area contributed by atoms with Gasteiger partial charge in [-0.15, -0.1) is 11.3 Å². The summed E-state index contributed by atoms with van der Waals surface area (Å²) >= 11 is 1.40. The first kappa shape index (κ1) is 33.7. The van der Waals surface area contributed by atoms with E-state index in [1.807, 2.05) is 58.8 Å². The maximum absolute atomic E-state index is 14.7. The first-order chi connectivity index (χ1) is 22.4. The van der Waals surface area contributed by atoms with Crippen molar-refractivity contribution in [2.24, 2.45) is 0 Å². The topological polar surface area (TPSA) is 69.6 Å². The maximum atomic E-state index is 14.7. The van der Waals surface area contributed by atoms with E-state index in [9.17, 15) is 14.7 Å². The van der Waals surface area contributed by atoms with Gasteiger partial charge >= 0.3 is 0 Å². The van der Waals surface area contributed by atoms with Crippen molar-refractivity contribution in [3.8, 4) is 5.75 Å². The van der Waals surface area contributed by atoms with Crippen molar-refractivity contribution in [2.45, 2.75) is 103 Å². The minimum Gasteiger partial charge on any atom is -0.507 e. The van der Waals surface area contributed by atoms with Crippen LogP contribution in [0, 0.1) is 0 Å². The molecular formula is C42H48N2O3S. The Hall–Kier alpha value is -4.16. The summed E-state index contributed by atoms with van der Waals surface area (Å²) in [6, 6.07) is 23.6. The van der Waals surface area contributed by atoms with Gasteiger partial charge < -0.3 is 10.4 Å². The number of allylic oxidation sites excluding steroid dienone is 1. The van der Waals surface area contributed by atoms with E-state index in [0.717, 1.165) is 39.3 Å². The van der Waals surface area contributed by atoms with Gasteiger partial charge in [-0.25, -0.2) is 0 Å². The molecule has 0 spiro atoms. The molecule has 0 fully saturated rings. The van der Waals surface area contributed by atoms with Gasteiger partial charge in [0.1, 0.15) is 5.75 Å². The summed E-state index contributed by atoms with van der Waals surface area (Å²) in [5, 5.41) is 17.3. The van der Waals surface area contributed by atoms with Gasteiger partial charge in [-0.05, 0) is 92.1 Å². The summed E-state index contributed by atoms with van der Waals surface area (Å²) < 4.78 is 0. The summed E-state index contributed by atoms with van der Waals surface area (Å²) in [7, 11) is 0. The smallest absolute Gasteiger partial charge is 0.269 e. The Labute approximate surface area is 289 Å². The molecule has 2 unspecified atom stereocenters. The van der Waals surface area contributed by atoms with E-state index in [0.29, 0.717) is 23.3 Å². The van der Waals surface area contributed by atoms with Crippen molar-refractivity contribution >= 4 is 34.4 Å². The average Bonchev–Trinajstić information content (AvgIpc) is 3.50. The Morgan fingerprint density at radius 3 is 1.98 bits per heavy atom. The number of phenols is 1. The monoisotopic (exact) mass is 660 g/mol. The quantitative estimate of drug-likeness (QED) is 0.229. The molecule has 0 bridgehead atoms. The predicted molar refractivity (Wildman–Crippen MR) is 199 cm³/mol. The van der Waals surface area contributed by atoms with Crippen molar-refractivity contribution in [1.29, 1.82) is 0 Å². The number of fused-ring (bicyclic) bond motifs is 1. The number of nitrogens with one attached hydrogen (secondary N) is 1. The molecule has 1 amide bonds. The standard InChI is InChI=1S/C42H48N2O3S/c1-40(2,3)28-18-16-25(17-19-28)26-23-32-36(34(45)24-26)37(27-21-29(41(4,5)6)38(46)30(22-27)42(7,8)9)44(39(47)35-15-12-20-48-35)33-14-11-10-13-31(33)43-32/h10-22,26,37,43,46H,23-24H2,1-9H3. The largest absolute Gasteiger partial charge is 0.507 e. The summed E-state index contributed by atoms with van der Waals surface area (Å²) in [5.74, 6) is 0.136. The SMILES string of the molecule is CC(C)(C)c1ccc(C2CC(=O)C3=C(C2)Nc2ccccc2N(C(=O)c2cccs2)C3c2cc(C(C)(C)C)c(O)c(C(C)(C)C)c2)cc1. The van der Waals surface area contributed by atoms with E-state index in [1.54, 1.807) is 0 Å². The van der Waals surface area contributed by atoms with E-state index in [2.05, 4.69) is 91.9 Å². The second-order valence-electron chi connectivity index (χ2n) is 16.5. The van der Waals surface area contributed by atoms with Crippen molar-refractivity contribution in [3.05, 3.63) is 122 Å². The van der Waals surface area contributed by atoms with Gasteiger partial charge in [0.25, 0.3) is 5.91 Å². The number of hydrogen-bond acceptors (Lipinski definition) is 5. The number of anilines is 2. The zero-order valence-corrected chi connectivity index (χ0v) is 30.5. The third-order valence-corrected chi connectivity index (χ3v) is 10.6. The first-order valence-electron chi connectivity index (χ1n) is 16.9. The highest BCUT2D eigenvalue weighted by atomic mass is 32.1. The van der Waals surface area contributed by atoms with Crippen LogP contribution in [0.3, 0.4) is 0 Å². The Balaban J connectivity index is 1.61. The molecule has 0 saturated carbocycles. The summed E-state index contributed by atoms with van der Waals surface area (Å²) in [5.41, 5.74) is 7.04. The molecule has 2 atom stereocenters. The molecule has 3 aromatic carbocycles. The van der Waals surface area contributed by atoms with Crippen LogP contribution in [0.25, 0.3) is 0 Å². The number of carbonyl (C=O) groups is 2. The number of Topliss-reactive ketones (excluding diaryl/α,β-unsaturated/α-hetero) is 1. The number of ketones is 1. The zero-order valence-electron chi connectivity index (χ0n) is 29.7. The van der Waals surface area contributed by atoms with Crippen molar-refractivity contribution in [1.82, 2.24) is 0 Å².